The van der Waals surface area contributed by atoms with Crippen molar-refractivity contribution in [3.63, 3.8) is 0 Å². The number of hydrogen-bond acceptors (Lipinski definition) is 3. The van der Waals surface area contributed by atoms with E-state index in [0.29, 0.717) is 6.04 Å². The van der Waals surface area contributed by atoms with E-state index in [1.807, 2.05) is 31.4 Å². The van der Waals surface area contributed by atoms with E-state index >= 15 is 0 Å². The number of nitrogens with one attached hydrogen (secondary N) is 1. The molecule has 0 saturated heterocycles. The highest BCUT2D eigenvalue weighted by Crippen LogP contribution is 2.34. The van der Waals surface area contributed by atoms with E-state index in [1.165, 1.54) is 10.5 Å². The van der Waals surface area contributed by atoms with Crippen LogP contribution in [0.4, 0.5) is 0 Å². The van der Waals surface area contributed by atoms with Crippen molar-refractivity contribution in [3.05, 3.63) is 52.6 Å². The second-order valence-corrected chi connectivity index (χ2v) is 5.94. The van der Waals surface area contributed by atoms with Gasteiger partial charge in [-0.15, -0.1) is 0 Å². The Kier molecular flexibility index (Phi) is 4.80. The average molecular weight is 323 g/mol. The molecule has 0 aliphatic heterocycles. The topological polar surface area (TPSA) is 24.9 Å². The zero-order valence-electron chi connectivity index (χ0n) is 10.4. The first kappa shape index (κ1) is 13.6. The molecule has 1 aromatic carbocycles. The van der Waals surface area contributed by atoms with E-state index < -0.39 is 0 Å². The van der Waals surface area contributed by atoms with Gasteiger partial charge in [0.2, 0.25) is 0 Å². The monoisotopic (exact) mass is 322 g/mol. The molecule has 1 unspecified atom stereocenters. The molecule has 2 nitrogen and oxygen atoms in total. The summed E-state index contributed by atoms with van der Waals surface area (Å²) in [6.45, 7) is 2.16. The maximum absolute atomic E-state index is 4.36. The Morgan fingerprint density at radius 1 is 1.28 bits per heavy atom. The molecule has 0 fully saturated rings. The first-order chi connectivity index (χ1) is 8.70. The molecule has 94 valence electrons. The zero-order valence-corrected chi connectivity index (χ0v) is 12.8. The molecule has 1 aromatic heterocycles. The second kappa shape index (κ2) is 6.36. The van der Waals surface area contributed by atoms with Crippen LogP contribution < -0.4 is 5.32 Å². The van der Waals surface area contributed by atoms with Gasteiger partial charge in [-0.1, -0.05) is 39.8 Å². The van der Waals surface area contributed by atoms with Gasteiger partial charge in [-0.2, -0.15) is 0 Å². The number of nitrogens with zero attached hydrogens (tertiary/aromatic N) is 1. The van der Waals surface area contributed by atoms with Gasteiger partial charge in [0, 0.05) is 21.6 Å². The van der Waals surface area contributed by atoms with E-state index in [9.17, 15) is 0 Å². The maximum Gasteiger partial charge on any atom is 0.101 e. The molecule has 0 spiro atoms. The first-order valence-corrected chi connectivity index (χ1v) is 7.37. The molecular formula is C14H15BrN2S. The summed E-state index contributed by atoms with van der Waals surface area (Å²) in [6, 6.07) is 12.7. The number of rotatable bonds is 4. The Labute approximate surface area is 120 Å². The van der Waals surface area contributed by atoms with Gasteiger partial charge in [0.05, 0.1) is 0 Å². The van der Waals surface area contributed by atoms with E-state index in [1.54, 1.807) is 11.8 Å². The number of benzene rings is 1. The predicted octanol–water partition coefficient (Wildman–Crippen LogP) is 4.28. The molecule has 1 heterocycles. The standard InChI is InChI=1S/C14H15BrN2S/c1-10(16-2)12-7-6-11(15)9-13(12)18-14-5-3-4-8-17-14/h3-10,16H,1-2H3. The molecular weight excluding hydrogens is 308 g/mol. The molecule has 0 amide bonds. The van der Waals surface area contributed by atoms with E-state index in [0.717, 1.165) is 9.50 Å². The van der Waals surface area contributed by atoms with Crippen molar-refractivity contribution < 1.29 is 0 Å². The number of aromatic nitrogens is 1. The van der Waals surface area contributed by atoms with Crippen molar-refractivity contribution >= 4 is 27.7 Å². The summed E-state index contributed by atoms with van der Waals surface area (Å²) >= 11 is 5.22. The fraction of sp³-hybridized carbons (Fsp3) is 0.214. The lowest BCUT2D eigenvalue weighted by Crippen LogP contribution is -2.13. The lowest BCUT2D eigenvalue weighted by Gasteiger charge is -2.15. The Morgan fingerprint density at radius 2 is 2.11 bits per heavy atom. The van der Waals surface area contributed by atoms with Crippen molar-refractivity contribution in [3.8, 4) is 0 Å². The average Bonchev–Trinajstić information content (AvgIpc) is 2.39. The zero-order chi connectivity index (χ0) is 13.0. The Balaban J connectivity index is 2.33. The lowest BCUT2D eigenvalue weighted by atomic mass is 10.1. The van der Waals surface area contributed by atoms with Crippen molar-refractivity contribution in [1.82, 2.24) is 10.3 Å². The van der Waals surface area contributed by atoms with Crippen LogP contribution in [0.5, 0.6) is 0 Å². The minimum absolute atomic E-state index is 0.323. The second-order valence-electron chi connectivity index (χ2n) is 3.96. The highest BCUT2D eigenvalue weighted by molar-refractivity contribution is 9.10. The quantitative estimate of drug-likeness (QED) is 0.909. The highest BCUT2D eigenvalue weighted by Gasteiger charge is 2.11. The van der Waals surface area contributed by atoms with Crippen molar-refractivity contribution in [2.45, 2.75) is 22.9 Å². The molecule has 0 radical (unpaired) electrons. The molecule has 0 saturated carbocycles. The summed E-state index contributed by atoms with van der Waals surface area (Å²) in [6.07, 6.45) is 1.82. The summed E-state index contributed by atoms with van der Waals surface area (Å²) in [5.74, 6) is 0. The molecule has 4 heteroatoms. The SMILES string of the molecule is CNC(C)c1ccc(Br)cc1Sc1ccccn1. The third-order valence-corrected chi connectivity index (χ3v) is 4.24. The first-order valence-electron chi connectivity index (χ1n) is 5.76. The fourth-order valence-corrected chi connectivity index (χ4v) is 3.18. The smallest absolute Gasteiger partial charge is 0.101 e. The Bertz CT molecular complexity index is 516. The summed E-state index contributed by atoms with van der Waals surface area (Å²) in [7, 11) is 1.97. The van der Waals surface area contributed by atoms with Gasteiger partial charge < -0.3 is 5.32 Å². The largest absolute Gasteiger partial charge is 0.313 e. The molecule has 2 rings (SSSR count). The van der Waals surface area contributed by atoms with E-state index in [4.69, 9.17) is 0 Å². The lowest BCUT2D eigenvalue weighted by molar-refractivity contribution is 0.641. The Hall–Kier alpha value is -0.840. The van der Waals surface area contributed by atoms with Crippen LogP contribution in [0.2, 0.25) is 0 Å². The van der Waals surface area contributed by atoms with Crippen molar-refractivity contribution in [2.24, 2.45) is 0 Å². The molecule has 2 aromatic rings. The molecule has 0 bridgehead atoms. The van der Waals surface area contributed by atoms with Crippen molar-refractivity contribution in [1.29, 1.82) is 0 Å². The summed E-state index contributed by atoms with van der Waals surface area (Å²) < 4.78 is 1.09. The van der Waals surface area contributed by atoms with Crippen LogP contribution >= 0.6 is 27.7 Å². The van der Waals surface area contributed by atoms with Crippen LogP contribution in [-0.4, -0.2) is 12.0 Å². The van der Waals surface area contributed by atoms with E-state index in [-0.39, 0.29) is 0 Å². The number of halogens is 1. The van der Waals surface area contributed by atoms with Crippen LogP contribution in [0.1, 0.15) is 18.5 Å². The Morgan fingerprint density at radius 3 is 2.78 bits per heavy atom. The highest BCUT2D eigenvalue weighted by atomic mass is 79.9. The summed E-state index contributed by atoms with van der Waals surface area (Å²) in [4.78, 5) is 5.58. The van der Waals surface area contributed by atoms with Crippen LogP contribution in [0, 0.1) is 0 Å². The van der Waals surface area contributed by atoms with Crippen LogP contribution in [0.25, 0.3) is 0 Å². The molecule has 18 heavy (non-hydrogen) atoms. The van der Waals surface area contributed by atoms with Gasteiger partial charge in [0.1, 0.15) is 5.03 Å². The molecule has 0 aliphatic rings. The van der Waals surface area contributed by atoms with E-state index in [2.05, 4.69) is 51.4 Å². The van der Waals surface area contributed by atoms with Crippen molar-refractivity contribution in [2.75, 3.05) is 7.05 Å². The summed E-state index contributed by atoms with van der Waals surface area (Å²) in [5.41, 5.74) is 1.29. The van der Waals surface area contributed by atoms with Gasteiger partial charge in [0.15, 0.2) is 0 Å². The third-order valence-electron chi connectivity index (χ3n) is 2.73. The summed E-state index contributed by atoms with van der Waals surface area (Å²) in [5, 5.41) is 4.29. The van der Waals surface area contributed by atoms with Gasteiger partial charge in [-0.3, -0.25) is 0 Å². The molecule has 0 aliphatic carbocycles. The minimum Gasteiger partial charge on any atom is -0.313 e. The minimum atomic E-state index is 0.323. The molecule has 1 N–H and O–H groups in total. The predicted molar refractivity (Wildman–Crippen MR) is 80.0 cm³/mol. The number of hydrogen-bond donors (Lipinski definition) is 1. The molecule has 1 atom stereocenters. The normalized spacial score (nSPS) is 12.4. The fourth-order valence-electron chi connectivity index (χ4n) is 1.63. The van der Waals surface area contributed by atoms with Gasteiger partial charge >= 0.3 is 0 Å². The maximum atomic E-state index is 4.36. The third kappa shape index (κ3) is 3.34. The van der Waals surface area contributed by atoms with Gasteiger partial charge in [-0.05, 0) is 43.8 Å². The van der Waals surface area contributed by atoms with Crippen LogP contribution in [0.3, 0.4) is 0 Å². The van der Waals surface area contributed by atoms with Gasteiger partial charge in [0.25, 0.3) is 0 Å². The van der Waals surface area contributed by atoms with Crippen LogP contribution in [-0.2, 0) is 0 Å². The number of pyridine rings is 1. The van der Waals surface area contributed by atoms with Crippen LogP contribution in [0.15, 0.2) is 57.0 Å². The van der Waals surface area contributed by atoms with Gasteiger partial charge in [-0.25, -0.2) is 4.98 Å².